The standard InChI is InChI=1S/C8H7N4.Y/c9-7-2-1-6(5-12-7)8-10-3-4-11-8;/h1-3,5H,(H2,9,12)(H,10,11);/q-1;. The molecule has 0 fully saturated rings. The van der Waals surface area contributed by atoms with Crippen LogP contribution in [0.25, 0.3) is 11.4 Å². The number of imidazole rings is 1. The molecule has 0 aliphatic heterocycles. The van der Waals surface area contributed by atoms with E-state index in [1.165, 1.54) is 0 Å². The molecule has 0 spiro atoms. The SMILES string of the molecule is Nc1ccc(-c2n[c-]c[nH]2)cn1.[Y]. The summed E-state index contributed by atoms with van der Waals surface area (Å²) in [6.07, 6.45) is 5.99. The average Bonchev–Trinajstić information content (AvgIpc) is 2.58. The molecule has 5 heteroatoms. The first-order valence-electron chi connectivity index (χ1n) is 3.49. The van der Waals surface area contributed by atoms with Crippen LogP contribution in [0.4, 0.5) is 5.82 Å². The summed E-state index contributed by atoms with van der Waals surface area (Å²) in [6.45, 7) is 0. The van der Waals surface area contributed by atoms with E-state index in [-0.39, 0.29) is 32.7 Å². The largest absolute Gasteiger partial charge is 0.438 e. The van der Waals surface area contributed by atoms with Crippen molar-refractivity contribution in [3.63, 3.8) is 0 Å². The zero-order valence-corrected chi connectivity index (χ0v) is 9.70. The Kier molecular flexibility index (Phi) is 3.57. The van der Waals surface area contributed by atoms with Crippen LogP contribution in [0.15, 0.2) is 24.5 Å². The molecule has 0 saturated carbocycles. The van der Waals surface area contributed by atoms with Crippen molar-refractivity contribution in [3.05, 3.63) is 30.7 Å². The number of nitrogens with two attached hydrogens (primary N) is 1. The Hall–Kier alpha value is -0.736. The Balaban J connectivity index is 0.000000845. The Morgan fingerprint density at radius 1 is 1.38 bits per heavy atom. The van der Waals surface area contributed by atoms with Crippen LogP contribution in [-0.4, -0.2) is 15.0 Å². The van der Waals surface area contributed by atoms with Crippen molar-refractivity contribution in [3.8, 4) is 11.4 Å². The van der Waals surface area contributed by atoms with Gasteiger partial charge in [0.15, 0.2) is 0 Å². The normalized spacial score (nSPS) is 9.23. The molecule has 4 nitrogen and oxygen atoms in total. The van der Waals surface area contributed by atoms with Gasteiger partial charge in [-0.25, -0.2) is 4.98 Å². The molecule has 0 saturated heterocycles. The smallest absolute Gasteiger partial charge is 0.123 e. The fourth-order valence-corrected chi connectivity index (χ4v) is 0.923. The summed E-state index contributed by atoms with van der Waals surface area (Å²) in [7, 11) is 0. The van der Waals surface area contributed by atoms with Gasteiger partial charge in [-0.15, -0.1) is 6.20 Å². The molecule has 13 heavy (non-hydrogen) atoms. The van der Waals surface area contributed by atoms with Crippen molar-refractivity contribution in [2.75, 3.05) is 5.73 Å². The van der Waals surface area contributed by atoms with Crippen LogP contribution in [-0.2, 0) is 32.7 Å². The number of H-pyrrole nitrogens is 1. The maximum Gasteiger partial charge on any atom is 0.123 e. The molecule has 0 aliphatic carbocycles. The van der Waals surface area contributed by atoms with Gasteiger partial charge in [-0.05, 0) is 17.5 Å². The van der Waals surface area contributed by atoms with Gasteiger partial charge in [-0.2, -0.15) is 0 Å². The average molecular weight is 248 g/mol. The van der Waals surface area contributed by atoms with Crippen molar-refractivity contribution in [1.82, 2.24) is 15.0 Å². The number of aromatic amines is 1. The van der Waals surface area contributed by atoms with Gasteiger partial charge in [0, 0.05) is 38.9 Å². The number of rotatable bonds is 1. The van der Waals surface area contributed by atoms with Gasteiger partial charge >= 0.3 is 0 Å². The van der Waals surface area contributed by atoms with Gasteiger partial charge in [0.2, 0.25) is 0 Å². The van der Waals surface area contributed by atoms with E-state index in [4.69, 9.17) is 5.73 Å². The summed E-state index contributed by atoms with van der Waals surface area (Å²) in [5.41, 5.74) is 6.34. The van der Waals surface area contributed by atoms with Crippen LogP contribution < -0.4 is 5.73 Å². The van der Waals surface area contributed by atoms with Crippen LogP contribution in [0.3, 0.4) is 0 Å². The zero-order chi connectivity index (χ0) is 8.39. The summed E-state index contributed by atoms with van der Waals surface area (Å²) in [5, 5.41) is 0. The summed E-state index contributed by atoms with van der Waals surface area (Å²) in [5.74, 6) is 1.26. The summed E-state index contributed by atoms with van der Waals surface area (Å²) < 4.78 is 0. The number of nitrogens with zero attached hydrogens (tertiary/aromatic N) is 2. The number of pyridine rings is 1. The zero-order valence-electron chi connectivity index (χ0n) is 6.86. The third-order valence-electron chi connectivity index (χ3n) is 1.51. The first-order chi connectivity index (χ1) is 5.86. The van der Waals surface area contributed by atoms with E-state index in [1.807, 2.05) is 6.07 Å². The molecular formula is C8H7N4Y-. The van der Waals surface area contributed by atoms with Gasteiger partial charge in [0.1, 0.15) is 5.82 Å². The number of anilines is 1. The molecule has 0 amide bonds. The molecule has 0 atom stereocenters. The molecule has 2 heterocycles. The van der Waals surface area contributed by atoms with Crippen molar-refractivity contribution < 1.29 is 32.7 Å². The Morgan fingerprint density at radius 3 is 2.77 bits per heavy atom. The second-order valence-electron chi connectivity index (χ2n) is 2.35. The third kappa shape index (κ3) is 2.35. The predicted molar refractivity (Wildman–Crippen MR) is 45.1 cm³/mol. The van der Waals surface area contributed by atoms with E-state index in [1.54, 1.807) is 18.5 Å². The molecule has 2 rings (SSSR count). The predicted octanol–water partition coefficient (Wildman–Crippen LogP) is 0.852. The van der Waals surface area contributed by atoms with E-state index >= 15 is 0 Å². The monoisotopic (exact) mass is 248 g/mol. The van der Waals surface area contributed by atoms with Gasteiger partial charge in [-0.3, -0.25) is 0 Å². The Morgan fingerprint density at radius 2 is 2.23 bits per heavy atom. The molecule has 63 valence electrons. The van der Waals surface area contributed by atoms with Crippen LogP contribution >= 0.6 is 0 Å². The van der Waals surface area contributed by atoms with Crippen LogP contribution in [0.1, 0.15) is 0 Å². The fourth-order valence-electron chi connectivity index (χ4n) is 0.923. The first kappa shape index (κ1) is 10.3. The van der Waals surface area contributed by atoms with Gasteiger partial charge in [0.05, 0.1) is 0 Å². The molecule has 0 bridgehead atoms. The molecule has 1 radical (unpaired) electrons. The Bertz CT molecular complexity index is 354. The number of nitrogen functional groups attached to an aromatic ring is 1. The number of aromatic nitrogens is 3. The van der Waals surface area contributed by atoms with Crippen molar-refractivity contribution >= 4 is 5.82 Å². The third-order valence-corrected chi connectivity index (χ3v) is 1.51. The second-order valence-corrected chi connectivity index (χ2v) is 2.35. The van der Waals surface area contributed by atoms with Crippen LogP contribution in [0.5, 0.6) is 0 Å². The molecular weight excluding hydrogens is 241 g/mol. The topological polar surface area (TPSA) is 67.6 Å². The number of hydrogen-bond donors (Lipinski definition) is 2. The van der Waals surface area contributed by atoms with Gasteiger partial charge in [-0.1, -0.05) is 12.3 Å². The van der Waals surface area contributed by atoms with Crippen LogP contribution in [0, 0.1) is 6.20 Å². The molecule has 0 unspecified atom stereocenters. The summed E-state index contributed by atoms with van der Waals surface area (Å²) in [6, 6.07) is 3.59. The second kappa shape index (κ2) is 4.49. The number of hydrogen-bond acceptors (Lipinski definition) is 3. The maximum atomic E-state index is 5.43. The van der Waals surface area contributed by atoms with Crippen LogP contribution in [0.2, 0.25) is 0 Å². The van der Waals surface area contributed by atoms with E-state index < -0.39 is 0 Å². The molecule has 2 aromatic heterocycles. The van der Waals surface area contributed by atoms with Gasteiger partial charge < -0.3 is 15.7 Å². The van der Waals surface area contributed by atoms with Gasteiger partial charge in [0.25, 0.3) is 0 Å². The molecule has 3 N–H and O–H groups in total. The molecule has 2 aromatic rings. The van der Waals surface area contributed by atoms with Crippen molar-refractivity contribution in [1.29, 1.82) is 0 Å². The minimum atomic E-state index is 0. The summed E-state index contributed by atoms with van der Waals surface area (Å²) in [4.78, 5) is 10.8. The van der Waals surface area contributed by atoms with Crippen molar-refractivity contribution in [2.24, 2.45) is 0 Å². The Labute approximate surface area is 101 Å². The van der Waals surface area contributed by atoms with E-state index in [9.17, 15) is 0 Å². The quantitative estimate of drug-likeness (QED) is 0.735. The molecule has 0 aromatic carbocycles. The van der Waals surface area contributed by atoms with E-state index in [2.05, 4.69) is 21.1 Å². The minimum Gasteiger partial charge on any atom is -0.438 e. The maximum absolute atomic E-state index is 5.43. The molecule has 0 aliphatic rings. The summed E-state index contributed by atoms with van der Waals surface area (Å²) >= 11 is 0. The van der Waals surface area contributed by atoms with Crippen molar-refractivity contribution in [2.45, 2.75) is 0 Å². The minimum absolute atomic E-state index is 0. The fraction of sp³-hybridized carbons (Fsp3) is 0. The first-order valence-corrected chi connectivity index (χ1v) is 3.49. The van der Waals surface area contributed by atoms with E-state index in [0.717, 1.165) is 11.4 Å². The number of nitrogens with one attached hydrogen (secondary N) is 1. The van der Waals surface area contributed by atoms with E-state index in [0.29, 0.717) is 5.82 Å².